The van der Waals surface area contributed by atoms with Crippen LogP contribution in [0.5, 0.6) is 0 Å². The first-order valence-electron chi connectivity index (χ1n) is 3.44. The smallest absolute Gasteiger partial charge is 0.476 e. The van der Waals surface area contributed by atoms with Crippen LogP contribution < -0.4 is 24.3 Å². The summed E-state index contributed by atoms with van der Waals surface area (Å²) < 4.78 is 13.3. The van der Waals surface area contributed by atoms with Crippen molar-refractivity contribution >= 4 is 11.9 Å². The van der Waals surface area contributed by atoms with Gasteiger partial charge in [-0.15, -0.1) is 5.46 Å². The second-order valence-electron chi connectivity index (χ2n) is 2.43. The molecule has 0 aliphatic heterocycles. The molecule has 0 spiro atoms. The first-order valence-corrected chi connectivity index (χ1v) is 3.44. The molecule has 0 unspecified atom stereocenters. The summed E-state index contributed by atoms with van der Waals surface area (Å²) in [7, 11) is 0. The predicted octanol–water partition coefficient (Wildman–Crippen LogP) is -2.06. The van der Waals surface area contributed by atoms with Gasteiger partial charge in [-0.3, -0.25) is 0 Å². The van der Waals surface area contributed by atoms with Gasteiger partial charge >= 0.3 is 25.3 Å². The predicted molar refractivity (Wildman–Crippen MR) is 44.2 cm³/mol. The van der Waals surface area contributed by atoms with E-state index in [9.17, 15) is 4.32 Å². The van der Waals surface area contributed by atoms with Gasteiger partial charge < -0.3 is 4.32 Å². The van der Waals surface area contributed by atoms with Crippen LogP contribution in [0, 0.1) is 22.5 Å². The topological polar surface area (TPSA) is 47.6 Å². The standard InChI is InChI=1S/C8H5BFN2.Li/c10-9(6-11,7-12)8-4-2-1-3-5-8;/h1-5H;/q-1;+1. The zero-order valence-electron chi connectivity index (χ0n) is 7.24. The summed E-state index contributed by atoms with van der Waals surface area (Å²) in [6.07, 6.45) is -3.16. The molecule has 0 saturated heterocycles. The van der Waals surface area contributed by atoms with Crippen molar-refractivity contribution in [3.8, 4) is 11.9 Å². The van der Waals surface area contributed by atoms with Crippen molar-refractivity contribution in [3.63, 3.8) is 0 Å². The molecular formula is C8H5BFLiN2. The fourth-order valence-corrected chi connectivity index (χ4v) is 0.896. The van der Waals surface area contributed by atoms with Crippen molar-refractivity contribution in [2.75, 3.05) is 0 Å². The molecule has 0 N–H and O–H groups in total. The maximum atomic E-state index is 13.3. The van der Waals surface area contributed by atoms with Crippen LogP contribution in [0.25, 0.3) is 0 Å². The minimum Gasteiger partial charge on any atom is -0.476 e. The van der Waals surface area contributed by atoms with Gasteiger partial charge in [-0.05, 0) is 0 Å². The first kappa shape index (κ1) is 11.8. The molecule has 0 heterocycles. The minimum atomic E-state index is -3.16. The van der Waals surface area contributed by atoms with Crippen LogP contribution in [0.1, 0.15) is 0 Å². The SMILES string of the molecule is N#C[B-](F)(C#N)c1ccccc1.[Li+]. The molecule has 0 amide bonds. The fourth-order valence-electron chi connectivity index (χ4n) is 0.896. The molecule has 0 aromatic heterocycles. The Kier molecular flexibility index (Phi) is 4.29. The number of hydrogen-bond donors (Lipinski definition) is 0. The average molecular weight is 166 g/mol. The fraction of sp³-hybridized carbons (Fsp3) is 0. The maximum absolute atomic E-state index is 13.3. The number of nitrogens with zero attached hydrogens (tertiary/aromatic N) is 2. The van der Waals surface area contributed by atoms with Gasteiger partial charge in [-0.1, -0.05) is 42.3 Å². The molecule has 2 nitrogen and oxygen atoms in total. The molecule has 0 atom stereocenters. The van der Waals surface area contributed by atoms with E-state index >= 15 is 0 Å². The molecule has 0 aliphatic carbocycles. The molecule has 1 aromatic carbocycles. The summed E-state index contributed by atoms with van der Waals surface area (Å²) >= 11 is 0. The third kappa shape index (κ3) is 2.36. The molecule has 0 saturated carbocycles. The molecule has 0 aliphatic rings. The second kappa shape index (κ2) is 4.73. The van der Waals surface area contributed by atoms with E-state index < -0.39 is 6.42 Å². The van der Waals surface area contributed by atoms with E-state index in [1.165, 1.54) is 24.1 Å². The van der Waals surface area contributed by atoms with E-state index in [-0.39, 0.29) is 24.3 Å². The minimum absolute atomic E-state index is 0. The summed E-state index contributed by atoms with van der Waals surface area (Å²) in [6, 6.07) is 7.77. The summed E-state index contributed by atoms with van der Waals surface area (Å²) in [5, 5.41) is 16.8. The van der Waals surface area contributed by atoms with Crippen molar-refractivity contribution in [1.29, 1.82) is 10.5 Å². The van der Waals surface area contributed by atoms with Crippen LogP contribution in [-0.2, 0) is 0 Å². The van der Waals surface area contributed by atoms with Crippen LogP contribution in [0.4, 0.5) is 4.32 Å². The Bertz CT molecular complexity index is 341. The monoisotopic (exact) mass is 166 g/mol. The van der Waals surface area contributed by atoms with Crippen LogP contribution >= 0.6 is 0 Å². The zero-order valence-corrected chi connectivity index (χ0v) is 7.24. The largest absolute Gasteiger partial charge is 1.00 e. The van der Waals surface area contributed by atoms with Gasteiger partial charge in [0.25, 0.3) is 0 Å². The molecule has 5 heteroatoms. The van der Waals surface area contributed by atoms with Crippen molar-refractivity contribution in [2.24, 2.45) is 0 Å². The Morgan fingerprint density at radius 3 is 1.92 bits per heavy atom. The normalized spacial score (nSPS) is 9.15. The molecule has 0 radical (unpaired) electrons. The van der Waals surface area contributed by atoms with Gasteiger partial charge in [0.1, 0.15) is 0 Å². The van der Waals surface area contributed by atoms with Crippen LogP contribution in [0.15, 0.2) is 30.3 Å². The molecular weight excluding hydrogens is 161 g/mol. The van der Waals surface area contributed by atoms with Gasteiger partial charge in [-0.25, -0.2) is 10.5 Å². The van der Waals surface area contributed by atoms with Crippen molar-refractivity contribution in [3.05, 3.63) is 30.3 Å². The van der Waals surface area contributed by atoms with E-state index in [1.807, 2.05) is 0 Å². The summed E-state index contributed by atoms with van der Waals surface area (Å²) in [4.78, 5) is 0. The molecule has 13 heavy (non-hydrogen) atoms. The Balaban J connectivity index is 0.00000144. The summed E-state index contributed by atoms with van der Waals surface area (Å²) in [6.45, 7) is 0. The van der Waals surface area contributed by atoms with E-state index in [2.05, 4.69) is 0 Å². The van der Waals surface area contributed by atoms with Crippen molar-refractivity contribution in [2.45, 2.75) is 0 Å². The van der Waals surface area contributed by atoms with E-state index in [0.717, 1.165) is 0 Å². The van der Waals surface area contributed by atoms with Gasteiger partial charge in [0.15, 0.2) is 0 Å². The average Bonchev–Trinajstić information content (AvgIpc) is 2.18. The number of nitriles is 2. The molecule has 58 valence electrons. The summed E-state index contributed by atoms with van der Waals surface area (Å²) in [5.41, 5.74) is 0.141. The molecule has 0 bridgehead atoms. The number of hydrogen-bond acceptors (Lipinski definition) is 2. The molecule has 1 rings (SSSR count). The third-order valence-corrected chi connectivity index (χ3v) is 1.61. The zero-order chi connectivity index (χ0) is 9.03. The van der Waals surface area contributed by atoms with E-state index in [4.69, 9.17) is 10.5 Å². The quantitative estimate of drug-likeness (QED) is 0.450. The van der Waals surface area contributed by atoms with Gasteiger partial charge in [-0.2, -0.15) is 0 Å². The van der Waals surface area contributed by atoms with Crippen molar-refractivity contribution < 1.29 is 23.2 Å². The van der Waals surface area contributed by atoms with Gasteiger partial charge in [0.2, 0.25) is 0 Å². The second-order valence-corrected chi connectivity index (χ2v) is 2.43. The van der Waals surface area contributed by atoms with Crippen LogP contribution in [0.3, 0.4) is 0 Å². The van der Waals surface area contributed by atoms with Gasteiger partial charge in [0.05, 0.1) is 0 Å². The molecule has 0 fully saturated rings. The van der Waals surface area contributed by atoms with E-state index in [1.54, 1.807) is 18.2 Å². The first-order chi connectivity index (χ1) is 5.73. The number of rotatable bonds is 1. The Labute approximate surface area is 88.1 Å². The number of benzene rings is 1. The Hall–Kier alpha value is -1.21. The van der Waals surface area contributed by atoms with Crippen LogP contribution in [-0.4, -0.2) is 6.42 Å². The number of halogens is 1. The Morgan fingerprint density at radius 2 is 1.54 bits per heavy atom. The Morgan fingerprint density at radius 1 is 1.08 bits per heavy atom. The third-order valence-electron chi connectivity index (χ3n) is 1.61. The van der Waals surface area contributed by atoms with Gasteiger partial charge in [0, 0.05) is 0 Å². The molecule has 1 aromatic rings. The van der Waals surface area contributed by atoms with Crippen LogP contribution in [0.2, 0.25) is 0 Å². The summed E-state index contributed by atoms with van der Waals surface area (Å²) in [5.74, 6) is 2.76. The van der Waals surface area contributed by atoms with Crippen molar-refractivity contribution in [1.82, 2.24) is 0 Å². The maximum Gasteiger partial charge on any atom is 1.00 e. The van der Waals surface area contributed by atoms with E-state index in [0.29, 0.717) is 0 Å².